The number of hydrogen-bond acceptors (Lipinski definition) is 2. The molecule has 1 aromatic carbocycles. The zero-order valence-corrected chi connectivity index (χ0v) is 9.54. The average molecular weight is 300 g/mol. The van der Waals surface area contributed by atoms with Crippen LogP contribution >= 0.6 is 22.6 Å². The second-order valence-corrected chi connectivity index (χ2v) is 4.46. The van der Waals surface area contributed by atoms with Crippen molar-refractivity contribution in [1.29, 1.82) is 0 Å². The molecule has 14 heavy (non-hydrogen) atoms. The lowest BCUT2D eigenvalue weighted by Crippen LogP contribution is -2.41. The monoisotopic (exact) mass is 300 g/mol. The van der Waals surface area contributed by atoms with Crippen molar-refractivity contribution in [2.45, 2.75) is 5.54 Å². The molecule has 0 radical (unpaired) electrons. The molecule has 0 unspecified atom stereocenters. The van der Waals surface area contributed by atoms with Gasteiger partial charge in [0, 0.05) is 14.8 Å². The van der Waals surface area contributed by atoms with Gasteiger partial charge in [0.2, 0.25) is 0 Å². The molecule has 1 aromatic rings. The number of fused-ring (bicyclic) bond motifs is 1. The van der Waals surface area contributed by atoms with E-state index in [0.717, 1.165) is 14.8 Å². The molecule has 1 aliphatic rings. The number of hydrogen-bond donors (Lipinski definition) is 2. The Balaban J connectivity index is 2.67. The van der Waals surface area contributed by atoms with E-state index < -0.39 is 5.54 Å². The summed E-state index contributed by atoms with van der Waals surface area (Å²) in [6, 6.07) is 5.68. The van der Waals surface area contributed by atoms with E-state index in [2.05, 4.69) is 34.5 Å². The minimum atomic E-state index is -1.07. The Hall–Kier alpha value is -0.880. The first-order valence-electron chi connectivity index (χ1n) is 4.12. The molecule has 4 heteroatoms. The molecule has 0 aliphatic carbocycles. The van der Waals surface area contributed by atoms with E-state index in [4.69, 9.17) is 5.73 Å². The van der Waals surface area contributed by atoms with Crippen LogP contribution in [-0.2, 0) is 10.3 Å². The molecule has 3 nitrogen and oxygen atoms in total. The Morgan fingerprint density at radius 3 is 2.93 bits per heavy atom. The smallest absolute Gasteiger partial charge is 0.253 e. The van der Waals surface area contributed by atoms with E-state index in [1.807, 2.05) is 18.2 Å². The first kappa shape index (κ1) is 9.67. The van der Waals surface area contributed by atoms with Crippen LogP contribution in [0.4, 0.5) is 5.69 Å². The Morgan fingerprint density at radius 2 is 2.29 bits per heavy atom. The number of rotatable bonds is 1. The maximum Gasteiger partial charge on any atom is 0.253 e. The predicted octanol–water partition coefficient (Wildman–Crippen LogP) is 1.58. The fraction of sp³-hybridized carbons (Fsp3) is 0.100. The van der Waals surface area contributed by atoms with Crippen molar-refractivity contribution in [2.75, 3.05) is 5.32 Å². The fourth-order valence-corrected chi connectivity index (χ4v) is 2.01. The molecular weight excluding hydrogens is 291 g/mol. The topological polar surface area (TPSA) is 55.1 Å². The third-order valence-electron chi connectivity index (χ3n) is 2.37. The first-order chi connectivity index (χ1) is 6.58. The van der Waals surface area contributed by atoms with Gasteiger partial charge in [-0.3, -0.25) is 4.79 Å². The van der Waals surface area contributed by atoms with Gasteiger partial charge in [-0.2, -0.15) is 0 Å². The highest BCUT2D eigenvalue weighted by atomic mass is 127. The standard InChI is InChI=1S/C10H9IN2O/c1-2-10(12)7-5-6(11)3-4-8(7)13-9(10)14/h2-5H,1,12H2,(H,13,14)/t10-/m1/s1. The SMILES string of the molecule is C=C[C@]1(N)C(=O)Nc2ccc(I)cc21. The number of amides is 1. The summed E-state index contributed by atoms with van der Waals surface area (Å²) in [5, 5.41) is 2.73. The van der Waals surface area contributed by atoms with Crippen LogP contribution in [0.2, 0.25) is 0 Å². The van der Waals surface area contributed by atoms with Crippen LogP contribution in [0.25, 0.3) is 0 Å². The van der Waals surface area contributed by atoms with Crippen LogP contribution in [-0.4, -0.2) is 5.91 Å². The highest BCUT2D eigenvalue weighted by Gasteiger charge is 2.40. The summed E-state index contributed by atoms with van der Waals surface area (Å²) >= 11 is 2.18. The second-order valence-electron chi connectivity index (χ2n) is 3.22. The summed E-state index contributed by atoms with van der Waals surface area (Å²) in [5.41, 5.74) is 6.45. The molecule has 0 saturated heterocycles. The van der Waals surface area contributed by atoms with Crippen LogP contribution < -0.4 is 11.1 Å². The van der Waals surface area contributed by atoms with Gasteiger partial charge in [0.05, 0.1) is 0 Å². The molecule has 1 aliphatic heterocycles. The summed E-state index contributed by atoms with van der Waals surface area (Å²) in [4.78, 5) is 11.6. The van der Waals surface area contributed by atoms with Gasteiger partial charge in [-0.05, 0) is 40.8 Å². The molecule has 0 saturated carbocycles. The zero-order chi connectivity index (χ0) is 10.3. The lowest BCUT2D eigenvalue weighted by molar-refractivity contribution is -0.119. The Morgan fingerprint density at radius 1 is 1.57 bits per heavy atom. The van der Waals surface area contributed by atoms with Crippen molar-refractivity contribution in [2.24, 2.45) is 5.73 Å². The van der Waals surface area contributed by atoms with E-state index in [1.54, 1.807) is 0 Å². The van der Waals surface area contributed by atoms with Gasteiger partial charge in [-0.15, -0.1) is 6.58 Å². The molecule has 1 amide bonds. The third kappa shape index (κ3) is 1.18. The van der Waals surface area contributed by atoms with Crippen LogP contribution in [0.3, 0.4) is 0 Å². The van der Waals surface area contributed by atoms with Crippen LogP contribution in [0.1, 0.15) is 5.56 Å². The van der Waals surface area contributed by atoms with E-state index >= 15 is 0 Å². The third-order valence-corrected chi connectivity index (χ3v) is 3.04. The van der Waals surface area contributed by atoms with Crippen LogP contribution in [0.15, 0.2) is 30.9 Å². The largest absolute Gasteiger partial charge is 0.324 e. The number of carbonyl (C=O) groups is 1. The summed E-state index contributed by atoms with van der Waals surface area (Å²) in [6.45, 7) is 3.61. The summed E-state index contributed by atoms with van der Waals surface area (Å²) in [6.07, 6.45) is 1.48. The fourth-order valence-electron chi connectivity index (χ4n) is 1.52. The van der Waals surface area contributed by atoms with Gasteiger partial charge in [-0.25, -0.2) is 0 Å². The number of nitrogens with two attached hydrogens (primary N) is 1. The molecule has 0 fully saturated rings. The number of halogens is 1. The summed E-state index contributed by atoms with van der Waals surface area (Å²) in [5.74, 6) is -0.218. The van der Waals surface area contributed by atoms with E-state index in [-0.39, 0.29) is 5.91 Å². The normalized spacial score (nSPS) is 24.3. The molecule has 1 atom stereocenters. The highest BCUT2D eigenvalue weighted by molar-refractivity contribution is 14.1. The van der Waals surface area contributed by atoms with Gasteiger partial charge >= 0.3 is 0 Å². The average Bonchev–Trinajstić information content (AvgIpc) is 2.41. The quantitative estimate of drug-likeness (QED) is 0.611. The molecule has 0 spiro atoms. The van der Waals surface area contributed by atoms with E-state index in [0.29, 0.717) is 0 Å². The van der Waals surface area contributed by atoms with Gasteiger partial charge in [0.1, 0.15) is 5.54 Å². The first-order valence-corrected chi connectivity index (χ1v) is 5.20. The molecule has 0 bridgehead atoms. The summed E-state index contributed by atoms with van der Waals surface area (Å²) in [7, 11) is 0. The molecule has 3 N–H and O–H groups in total. The Labute approximate surface area is 95.5 Å². The zero-order valence-electron chi connectivity index (χ0n) is 7.38. The van der Waals surface area contributed by atoms with Gasteiger partial charge in [0.15, 0.2) is 0 Å². The van der Waals surface area contributed by atoms with Gasteiger partial charge in [-0.1, -0.05) is 6.08 Å². The Bertz CT molecular complexity index is 430. The molecular formula is C10H9IN2O. The number of benzene rings is 1. The number of carbonyl (C=O) groups excluding carboxylic acids is 1. The Kier molecular flexibility index (Phi) is 2.11. The van der Waals surface area contributed by atoms with Crippen molar-refractivity contribution < 1.29 is 4.79 Å². The summed E-state index contributed by atoms with van der Waals surface area (Å²) < 4.78 is 1.05. The maximum atomic E-state index is 11.6. The van der Waals surface area contributed by atoms with Crippen molar-refractivity contribution in [3.8, 4) is 0 Å². The number of anilines is 1. The lowest BCUT2D eigenvalue weighted by atomic mass is 9.93. The van der Waals surface area contributed by atoms with Gasteiger partial charge < -0.3 is 11.1 Å². The molecule has 2 rings (SSSR count). The minimum Gasteiger partial charge on any atom is -0.324 e. The van der Waals surface area contributed by atoms with Crippen molar-refractivity contribution >= 4 is 34.2 Å². The minimum absolute atomic E-state index is 0.218. The highest BCUT2D eigenvalue weighted by Crippen LogP contribution is 2.35. The second kappa shape index (κ2) is 3.06. The van der Waals surface area contributed by atoms with Crippen molar-refractivity contribution in [3.05, 3.63) is 40.0 Å². The van der Waals surface area contributed by atoms with Crippen LogP contribution in [0, 0.1) is 3.57 Å². The lowest BCUT2D eigenvalue weighted by Gasteiger charge is -2.16. The molecule has 0 aromatic heterocycles. The van der Waals surface area contributed by atoms with Crippen LogP contribution in [0.5, 0.6) is 0 Å². The predicted molar refractivity (Wildman–Crippen MR) is 63.9 cm³/mol. The molecule has 72 valence electrons. The molecule has 1 heterocycles. The number of nitrogens with one attached hydrogen (secondary N) is 1. The van der Waals surface area contributed by atoms with Crippen molar-refractivity contribution in [1.82, 2.24) is 0 Å². The maximum absolute atomic E-state index is 11.6. The van der Waals surface area contributed by atoms with E-state index in [9.17, 15) is 4.79 Å². The van der Waals surface area contributed by atoms with E-state index in [1.165, 1.54) is 6.08 Å². The van der Waals surface area contributed by atoms with Crippen molar-refractivity contribution in [3.63, 3.8) is 0 Å². The van der Waals surface area contributed by atoms with Gasteiger partial charge in [0.25, 0.3) is 5.91 Å².